The van der Waals surface area contributed by atoms with E-state index < -0.39 is 21.0 Å². The van der Waals surface area contributed by atoms with E-state index in [1.54, 1.807) is 36.3 Å². The highest BCUT2D eigenvalue weighted by atomic mass is 32.2. The van der Waals surface area contributed by atoms with Crippen LogP contribution in [0.3, 0.4) is 0 Å². The second kappa shape index (κ2) is 8.05. The molecule has 1 unspecified atom stereocenters. The fourth-order valence-corrected chi connectivity index (χ4v) is 3.51. The Balaban J connectivity index is 1.92. The van der Waals surface area contributed by atoms with Gasteiger partial charge in [0, 0.05) is 31.2 Å². The molecule has 0 saturated carbocycles. The third-order valence-electron chi connectivity index (χ3n) is 3.67. The van der Waals surface area contributed by atoms with E-state index in [1.165, 1.54) is 6.92 Å². The van der Waals surface area contributed by atoms with Crippen LogP contribution in [0.2, 0.25) is 0 Å². The van der Waals surface area contributed by atoms with Crippen LogP contribution in [-0.2, 0) is 27.6 Å². The fourth-order valence-electron chi connectivity index (χ4n) is 2.20. The Morgan fingerprint density at radius 3 is 2.67 bits per heavy atom. The lowest BCUT2D eigenvalue weighted by molar-refractivity contribution is -0.115. The summed E-state index contributed by atoms with van der Waals surface area (Å²) in [6.45, 7) is 3.83. The van der Waals surface area contributed by atoms with Gasteiger partial charge in [0.05, 0.1) is 5.75 Å². The van der Waals surface area contributed by atoms with E-state index >= 15 is 0 Å². The van der Waals surface area contributed by atoms with Gasteiger partial charge in [-0.3, -0.25) is 14.5 Å². The van der Waals surface area contributed by atoms with Crippen molar-refractivity contribution >= 4 is 21.6 Å². The van der Waals surface area contributed by atoms with Crippen molar-refractivity contribution in [3.8, 4) is 0 Å². The Morgan fingerprint density at radius 1 is 1.29 bits per heavy atom. The van der Waals surface area contributed by atoms with Crippen LogP contribution >= 0.6 is 0 Å². The zero-order valence-corrected chi connectivity index (χ0v) is 14.7. The molecule has 1 N–H and O–H groups in total. The molecule has 2 aromatic heterocycles. The van der Waals surface area contributed by atoms with Crippen molar-refractivity contribution in [1.82, 2.24) is 14.8 Å². The van der Waals surface area contributed by atoms with Crippen molar-refractivity contribution in [2.75, 3.05) is 11.1 Å². The quantitative estimate of drug-likeness (QED) is 0.781. The molecule has 1 atom stereocenters. The summed E-state index contributed by atoms with van der Waals surface area (Å²) in [5.74, 6) is -0.196. The summed E-state index contributed by atoms with van der Waals surface area (Å²) in [7, 11) is -3.42. The van der Waals surface area contributed by atoms with Crippen LogP contribution in [0.5, 0.6) is 0 Å². The summed E-state index contributed by atoms with van der Waals surface area (Å²) in [4.78, 5) is 16.0. The number of pyridine rings is 1. The highest BCUT2D eigenvalue weighted by molar-refractivity contribution is 7.92. The molecule has 130 valence electrons. The average Bonchev–Trinajstić information content (AvgIpc) is 3.00. The van der Waals surface area contributed by atoms with Gasteiger partial charge in [-0.25, -0.2) is 8.42 Å². The summed E-state index contributed by atoms with van der Waals surface area (Å²) in [6, 6.07) is 5.53. The molecule has 0 radical (unpaired) electrons. The van der Waals surface area contributed by atoms with Gasteiger partial charge in [0.1, 0.15) is 5.25 Å². The highest BCUT2D eigenvalue weighted by Crippen LogP contribution is 2.09. The van der Waals surface area contributed by atoms with Crippen LogP contribution in [-0.4, -0.2) is 40.1 Å². The monoisotopic (exact) mass is 350 g/mol. The molecule has 7 nitrogen and oxygen atoms in total. The molecular weight excluding hydrogens is 328 g/mol. The van der Waals surface area contributed by atoms with Gasteiger partial charge < -0.3 is 5.32 Å². The molecule has 2 heterocycles. The number of rotatable bonds is 8. The Bertz CT molecular complexity index is 772. The molecular formula is C16H22N4O3S. The number of aromatic nitrogens is 3. The van der Waals surface area contributed by atoms with Crippen LogP contribution in [0.1, 0.15) is 25.8 Å². The van der Waals surface area contributed by atoms with Crippen molar-refractivity contribution in [1.29, 1.82) is 0 Å². The standard InChI is InChI=1S/C16H22N4O3S/c1-3-12-24(22,23)13(2)16(21)18-15-7-11-20(19-15)10-6-14-4-8-17-9-5-14/h4-5,7-9,11,13H,3,6,10,12H2,1-2H3,(H,18,19,21). The maximum absolute atomic E-state index is 12.1. The normalized spacial score (nSPS) is 12.8. The molecule has 1 amide bonds. The Hall–Kier alpha value is -2.22. The fraction of sp³-hybridized carbons (Fsp3) is 0.438. The number of sulfone groups is 1. The van der Waals surface area contributed by atoms with Gasteiger partial charge in [0.15, 0.2) is 15.7 Å². The molecule has 0 bridgehead atoms. The molecule has 8 heteroatoms. The van der Waals surface area contributed by atoms with E-state index in [-0.39, 0.29) is 5.75 Å². The second-order valence-electron chi connectivity index (χ2n) is 5.57. The van der Waals surface area contributed by atoms with Crippen molar-refractivity contribution < 1.29 is 13.2 Å². The summed E-state index contributed by atoms with van der Waals surface area (Å²) in [5, 5.41) is 5.73. The third-order valence-corrected chi connectivity index (χ3v) is 5.94. The van der Waals surface area contributed by atoms with Crippen LogP contribution < -0.4 is 5.32 Å². The Labute approximate surface area is 142 Å². The van der Waals surface area contributed by atoms with Crippen molar-refractivity contribution in [2.24, 2.45) is 0 Å². The lowest BCUT2D eigenvalue weighted by atomic mass is 10.2. The largest absolute Gasteiger partial charge is 0.308 e. The number of carbonyl (C=O) groups excluding carboxylic acids is 1. The summed E-state index contributed by atoms with van der Waals surface area (Å²) in [5.41, 5.74) is 1.14. The zero-order valence-electron chi connectivity index (χ0n) is 13.8. The average molecular weight is 350 g/mol. The van der Waals surface area contributed by atoms with Gasteiger partial charge >= 0.3 is 0 Å². The first-order valence-electron chi connectivity index (χ1n) is 7.87. The Morgan fingerprint density at radius 2 is 2.00 bits per heavy atom. The van der Waals surface area contributed by atoms with E-state index in [2.05, 4.69) is 15.4 Å². The SMILES string of the molecule is CCCS(=O)(=O)C(C)C(=O)Nc1ccn(CCc2ccncc2)n1. The van der Waals surface area contributed by atoms with Gasteiger partial charge in [0.2, 0.25) is 5.91 Å². The van der Waals surface area contributed by atoms with Crippen LogP contribution in [0.4, 0.5) is 5.82 Å². The van der Waals surface area contributed by atoms with Gasteiger partial charge in [0.25, 0.3) is 0 Å². The van der Waals surface area contributed by atoms with Gasteiger partial charge in [-0.15, -0.1) is 0 Å². The van der Waals surface area contributed by atoms with Gasteiger partial charge in [-0.1, -0.05) is 6.92 Å². The summed E-state index contributed by atoms with van der Waals surface area (Å²) < 4.78 is 25.6. The molecule has 0 aliphatic heterocycles. The van der Waals surface area contributed by atoms with E-state index in [4.69, 9.17) is 0 Å². The van der Waals surface area contributed by atoms with E-state index in [1.807, 2.05) is 12.1 Å². The number of anilines is 1. The molecule has 2 rings (SSSR count). The van der Waals surface area contributed by atoms with Gasteiger partial charge in [-0.05, 0) is 37.5 Å². The Kier molecular flexibility index (Phi) is 6.08. The first kappa shape index (κ1) is 18.1. The number of aryl methyl sites for hydroxylation is 2. The minimum absolute atomic E-state index is 0.00194. The maximum atomic E-state index is 12.1. The molecule has 0 aromatic carbocycles. The maximum Gasteiger partial charge on any atom is 0.243 e. The topological polar surface area (TPSA) is 94.0 Å². The van der Waals surface area contributed by atoms with Crippen LogP contribution in [0, 0.1) is 0 Å². The molecule has 24 heavy (non-hydrogen) atoms. The first-order chi connectivity index (χ1) is 11.4. The number of nitrogens with one attached hydrogen (secondary N) is 1. The highest BCUT2D eigenvalue weighted by Gasteiger charge is 2.27. The number of hydrogen-bond donors (Lipinski definition) is 1. The first-order valence-corrected chi connectivity index (χ1v) is 9.58. The molecule has 0 saturated heterocycles. The van der Waals surface area contributed by atoms with Crippen LogP contribution in [0.25, 0.3) is 0 Å². The lowest BCUT2D eigenvalue weighted by Gasteiger charge is -2.11. The molecule has 0 spiro atoms. The van der Waals surface area contributed by atoms with Crippen LogP contribution in [0.15, 0.2) is 36.8 Å². The van der Waals surface area contributed by atoms with E-state index in [0.717, 1.165) is 12.0 Å². The summed E-state index contributed by atoms with van der Waals surface area (Å²) in [6.07, 6.45) is 6.51. The number of carbonyl (C=O) groups is 1. The summed E-state index contributed by atoms with van der Waals surface area (Å²) >= 11 is 0. The predicted octanol–water partition coefficient (Wildman–Crippen LogP) is 1.67. The number of nitrogens with zero attached hydrogens (tertiary/aromatic N) is 3. The molecule has 0 aliphatic carbocycles. The second-order valence-corrected chi connectivity index (χ2v) is 8.01. The molecule has 0 aliphatic rings. The minimum atomic E-state index is -3.42. The lowest BCUT2D eigenvalue weighted by Crippen LogP contribution is -2.34. The minimum Gasteiger partial charge on any atom is -0.308 e. The zero-order chi connectivity index (χ0) is 17.6. The number of amides is 1. The smallest absolute Gasteiger partial charge is 0.243 e. The van der Waals surface area contributed by atoms with Crippen molar-refractivity contribution in [2.45, 2.75) is 38.5 Å². The van der Waals surface area contributed by atoms with E-state index in [9.17, 15) is 13.2 Å². The van der Waals surface area contributed by atoms with Gasteiger partial charge in [-0.2, -0.15) is 5.10 Å². The predicted molar refractivity (Wildman–Crippen MR) is 92.3 cm³/mol. The van der Waals surface area contributed by atoms with Crippen molar-refractivity contribution in [3.63, 3.8) is 0 Å². The van der Waals surface area contributed by atoms with Crippen molar-refractivity contribution in [3.05, 3.63) is 42.4 Å². The molecule has 0 fully saturated rings. The third kappa shape index (κ3) is 4.89. The molecule has 2 aromatic rings. The number of hydrogen-bond acceptors (Lipinski definition) is 5. The van der Waals surface area contributed by atoms with E-state index in [0.29, 0.717) is 18.8 Å².